The molecule has 2 aromatic rings. The van der Waals surface area contributed by atoms with E-state index < -0.39 is 11.9 Å². The van der Waals surface area contributed by atoms with Crippen LogP contribution in [0.5, 0.6) is 5.75 Å². The molecule has 1 aliphatic carbocycles. The predicted molar refractivity (Wildman–Crippen MR) is 94.6 cm³/mol. The maximum atomic E-state index is 13.6. The van der Waals surface area contributed by atoms with Crippen molar-refractivity contribution < 1.29 is 17.9 Å². The monoisotopic (exact) mass is 475 g/mol. The van der Waals surface area contributed by atoms with E-state index in [1.165, 1.54) is 0 Å². The van der Waals surface area contributed by atoms with Crippen molar-refractivity contribution in [3.8, 4) is 23.1 Å². The van der Waals surface area contributed by atoms with Gasteiger partial charge in [-0.2, -0.15) is 23.5 Å². The SMILES string of the molecule is Cc1nc2c(c(C#N)c1-c1c(I)cnn1C)OC1(CC1)CN2C(F)(F)F. The molecule has 4 rings (SSSR count). The van der Waals surface area contributed by atoms with Crippen molar-refractivity contribution in [2.24, 2.45) is 7.05 Å². The Morgan fingerprint density at radius 1 is 1.38 bits per heavy atom. The quantitative estimate of drug-likeness (QED) is 0.467. The Labute approximate surface area is 160 Å². The number of anilines is 1. The first kappa shape index (κ1) is 17.4. The molecule has 2 aromatic heterocycles. The Hall–Kier alpha value is -2.03. The minimum atomic E-state index is -4.59. The Bertz CT molecular complexity index is 939. The average molecular weight is 475 g/mol. The minimum absolute atomic E-state index is 0.0641. The first-order valence-electron chi connectivity index (χ1n) is 7.83. The van der Waals surface area contributed by atoms with E-state index in [1.54, 1.807) is 24.9 Å². The van der Waals surface area contributed by atoms with E-state index in [0.717, 1.165) is 3.57 Å². The maximum absolute atomic E-state index is 13.6. The summed E-state index contributed by atoms with van der Waals surface area (Å²) in [6.45, 7) is 1.29. The van der Waals surface area contributed by atoms with Gasteiger partial charge in [-0.15, -0.1) is 0 Å². The van der Waals surface area contributed by atoms with Crippen LogP contribution >= 0.6 is 22.6 Å². The molecule has 1 aliphatic heterocycles. The van der Waals surface area contributed by atoms with Crippen molar-refractivity contribution in [2.75, 3.05) is 11.4 Å². The number of rotatable bonds is 1. The van der Waals surface area contributed by atoms with Crippen LogP contribution in [-0.4, -0.2) is 33.2 Å². The number of alkyl halides is 3. The van der Waals surface area contributed by atoms with Crippen molar-refractivity contribution in [2.45, 2.75) is 31.7 Å². The molecule has 10 heteroatoms. The Morgan fingerprint density at radius 2 is 2.08 bits per heavy atom. The smallest absolute Gasteiger partial charge is 0.480 e. The van der Waals surface area contributed by atoms with Crippen molar-refractivity contribution in [3.63, 3.8) is 0 Å². The second-order valence-corrected chi connectivity index (χ2v) is 7.68. The summed E-state index contributed by atoms with van der Waals surface area (Å²) in [5, 5.41) is 13.9. The van der Waals surface area contributed by atoms with Gasteiger partial charge in [-0.3, -0.25) is 9.58 Å². The summed E-state index contributed by atoms with van der Waals surface area (Å²) in [5.41, 5.74) is 0.589. The van der Waals surface area contributed by atoms with Gasteiger partial charge in [-0.05, 0) is 42.4 Å². The maximum Gasteiger partial charge on any atom is 0.486 e. The highest BCUT2D eigenvalue weighted by atomic mass is 127. The van der Waals surface area contributed by atoms with Gasteiger partial charge >= 0.3 is 6.30 Å². The lowest BCUT2D eigenvalue weighted by atomic mass is 10.0. The minimum Gasteiger partial charge on any atom is -0.480 e. The highest BCUT2D eigenvalue weighted by Crippen LogP contribution is 2.53. The van der Waals surface area contributed by atoms with E-state index in [-0.39, 0.29) is 23.7 Å². The van der Waals surface area contributed by atoms with Gasteiger partial charge in [-0.1, -0.05) is 0 Å². The summed E-state index contributed by atoms with van der Waals surface area (Å²) in [5.74, 6) is -0.434. The zero-order valence-corrected chi connectivity index (χ0v) is 16.0. The lowest BCUT2D eigenvalue weighted by Crippen LogP contribution is -2.49. The fourth-order valence-corrected chi connectivity index (χ4v) is 4.00. The van der Waals surface area contributed by atoms with Gasteiger partial charge in [0.15, 0.2) is 11.6 Å². The molecule has 3 heterocycles. The largest absolute Gasteiger partial charge is 0.486 e. The number of ether oxygens (including phenoxy) is 1. The van der Waals surface area contributed by atoms with Gasteiger partial charge in [0.2, 0.25) is 0 Å². The zero-order valence-electron chi connectivity index (χ0n) is 13.9. The molecular formula is C16H13F3IN5O. The fraction of sp³-hybridized carbons (Fsp3) is 0.438. The number of nitrogens with zero attached hydrogens (tertiary/aromatic N) is 5. The molecule has 0 radical (unpaired) electrons. The predicted octanol–water partition coefficient (Wildman–Crippen LogP) is 3.52. The van der Waals surface area contributed by atoms with Gasteiger partial charge in [0.05, 0.1) is 27.7 Å². The molecule has 0 N–H and O–H groups in total. The third kappa shape index (κ3) is 2.52. The van der Waals surface area contributed by atoms with E-state index in [1.807, 2.05) is 6.07 Å². The topological polar surface area (TPSA) is 67.0 Å². The highest BCUT2D eigenvalue weighted by Gasteiger charge is 2.57. The third-order valence-corrected chi connectivity index (χ3v) is 5.48. The van der Waals surface area contributed by atoms with Gasteiger partial charge < -0.3 is 4.74 Å². The number of fused-ring (bicyclic) bond motifs is 1. The van der Waals surface area contributed by atoms with Crippen LogP contribution in [0.4, 0.5) is 19.0 Å². The molecule has 2 aliphatic rings. The van der Waals surface area contributed by atoms with Crippen LogP contribution in [0.1, 0.15) is 24.1 Å². The van der Waals surface area contributed by atoms with E-state index in [2.05, 4.69) is 32.7 Å². The number of hydrogen-bond donors (Lipinski definition) is 0. The molecule has 0 saturated heterocycles. The second-order valence-electron chi connectivity index (χ2n) is 6.52. The lowest BCUT2D eigenvalue weighted by molar-refractivity contribution is -0.136. The molecule has 136 valence electrons. The molecule has 1 saturated carbocycles. The van der Waals surface area contributed by atoms with Crippen LogP contribution in [0, 0.1) is 21.8 Å². The van der Waals surface area contributed by atoms with Crippen LogP contribution < -0.4 is 9.64 Å². The van der Waals surface area contributed by atoms with Gasteiger partial charge in [0, 0.05) is 12.6 Å². The summed E-state index contributed by atoms with van der Waals surface area (Å²) in [6.07, 6.45) is -1.92. The van der Waals surface area contributed by atoms with Crippen molar-refractivity contribution in [1.29, 1.82) is 5.26 Å². The van der Waals surface area contributed by atoms with Crippen LogP contribution in [0.2, 0.25) is 0 Å². The molecular weight excluding hydrogens is 462 g/mol. The van der Waals surface area contributed by atoms with Crippen molar-refractivity contribution >= 4 is 28.4 Å². The standard InChI is InChI=1S/C16H13F3IN5O/c1-8-11(12-10(20)6-22-24(12)2)9(5-21)13-14(23-8)25(16(17,18)19)7-15(26-13)3-4-15/h6H,3-4,7H2,1-2H3. The number of halogens is 4. The molecule has 0 atom stereocenters. The molecule has 1 spiro atoms. The summed E-state index contributed by atoms with van der Waals surface area (Å²) in [4.78, 5) is 4.48. The molecule has 0 amide bonds. The van der Waals surface area contributed by atoms with Crippen LogP contribution in [-0.2, 0) is 7.05 Å². The van der Waals surface area contributed by atoms with E-state index in [0.29, 0.717) is 34.7 Å². The summed E-state index contributed by atoms with van der Waals surface area (Å²) < 4.78 is 49.0. The fourth-order valence-electron chi connectivity index (χ4n) is 3.26. The second kappa shape index (κ2) is 5.48. The summed E-state index contributed by atoms with van der Waals surface area (Å²) in [6, 6.07) is 2.04. The molecule has 0 unspecified atom stereocenters. The number of nitriles is 1. The third-order valence-electron chi connectivity index (χ3n) is 4.69. The zero-order chi connectivity index (χ0) is 18.9. The normalized spacial score (nSPS) is 17.7. The first-order chi connectivity index (χ1) is 12.2. The first-order valence-corrected chi connectivity index (χ1v) is 8.91. The highest BCUT2D eigenvalue weighted by molar-refractivity contribution is 14.1. The van der Waals surface area contributed by atoms with Crippen molar-refractivity contribution in [3.05, 3.63) is 21.0 Å². The van der Waals surface area contributed by atoms with Crippen LogP contribution in [0.3, 0.4) is 0 Å². The summed E-state index contributed by atoms with van der Waals surface area (Å²) >= 11 is 2.07. The Kier molecular flexibility index (Phi) is 3.67. The van der Waals surface area contributed by atoms with E-state index >= 15 is 0 Å². The van der Waals surface area contributed by atoms with Crippen LogP contribution in [0.25, 0.3) is 11.3 Å². The lowest BCUT2D eigenvalue weighted by Gasteiger charge is -2.37. The van der Waals surface area contributed by atoms with Crippen LogP contribution in [0.15, 0.2) is 6.20 Å². The Morgan fingerprint density at radius 3 is 2.58 bits per heavy atom. The average Bonchev–Trinajstić information content (AvgIpc) is 3.23. The van der Waals surface area contributed by atoms with Gasteiger partial charge in [-0.25, -0.2) is 4.98 Å². The number of aromatic nitrogens is 3. The number of hydrogen-bond acceptors (Lipinski definition) is 5. The molecule has 0 bridgehead atoms. The molecule has 0 aromatic carbocycles. The summed E-state index contributed by atoms with van der Waals surface area (Å²) in [7, 11) is 1.71. The van der Waals surface area contributed by atoms with Crippen molar-refractivity contribution in [1.82, 2.24) is 14.8 Å². The Balaban J connectivity index is 2.01. The molecule has 1 fully saturated rings. The van der Waals surface area contributed by atoms with Gasteiger partial charge in [0.1, 0.15) is 17.2 Å². The van der Waals surface area contributed by atoms with Gasteiger partial charge in [0.25, 0.3) is 0 Å². The van der Waals surface area contributed by atoms with E-state index in [4.69, 9.17) is 4.74 Å². The number of pyridine rings is 1. The molecule has 6 nitrogen and oxygen atoms in total. The van der Waals surface area contributed by atoms with E-state index in [9.17, 15) is 18.4 Å². The molecule has 26 heavy (non-hydrogen) atoms. The number of aryl methyl sites for hydroxylation is 2.